The minimum absolute atomic E-state index is 0.0991. The number of thiazole rings is 1. The number of aryl methyl sites for hydroxylation is 1. The van der Waals surface area contributed by atoms with Crippen LogP contribution in [0.15, 0.2) is 12.3 Å². The lowest BCUT2D eigenvalue weighted by Gasteiger charge is -2.14. The molecule has 0 radical (unpaired) electrons. The van der Waals surface area contributed by atoms with Crippen molar-refractivity contribution in [1.82, 2.24) is 15.0 Å². The summed E-state index contributed by atoms with van der Waals surface area (Å²) in [5.41, 5.74) is 0. The van der Waals surface area contributed by atoms with E-state index < -0.39 is 12.0 Å². The molecule has 0 amide bonds. The minimum Gasteiger partial charge on any atom is -0.373 e. The van der Waals surface area contributed by atoms with Crippen molar-refractivity contribution in [2.24, 2.45) is 0 Å². The molecule has 0 spiro atoms. The van der Waals surface area contributed by atoms with Crippen molar-refractivity contribution in [3.8, 4) is 0 Å². The summed E-state index contributed by atoms with van der Waals surface area (Å²) in [5, 5.41) is 6.29. The second-order valence-electron chi connectivity index (χ2n) is 4.38. The van der Waals surface area contributed by atoms with Crippen molar-refractivity contribution in [1.29, 1.82) is 0 Å². The quantitative estimate of drug-likeness (QED) is 0.904. The maximum Gasteiger partial charge on any atom is 0.451 e. The Labute approximate surface area is 123 Å². The van der Waals surface area contributed by atoms with Crippen LogP contribution < -0.4 is 10.6 Å². The fraction of sp³-hybridized carbons (Fsp3) is 0.417. The van der Waals surface area contributed by atoms with E-state index in [0.29, 0.717) is 0 Å². The number of hydrogen-bond acceptors (Lipinski definition) is 6. The first-order valence-electron chi connectivity index (χ1n) is 6.12. The van der Waals surface area contributed by atoms with Crippen LogP contribution in [0.4, 0.5) is 24.8 Å². The van der Waals surface area contributed by atoms with Gasteiger partial charge < -0.3 is 10.6 Å². The van der Waals surface area contributed by atoms with Gasteiger partial charge in [-0.15, -0.1) is 11.3 Å². The van der Waals surface area contributed by atoms with Gasteiger partial charge in [0.25, 0.3) is 0 Å². The van der Waals surface area contributed by atoms with Crippen LogP contribution >= 0.6 is 11.3 Å². The molecule has 9 heteroatoms. The predicted octanol–water partition coefficient (Wildman–Crippen LogP) is 3.48. The number of nitrogens with one attached hydrogen (secondary N) is 2. The van der Waals surface area contributed by atoms with E-state index in [2.05, 4.69) is 25.6 Å². The van der Waals surface area contributed by atoms with E-state index in [9.17, 15) is 13.2 Å². The molecule has 2 aromatic rings. The average Bonchev–Trinajstić information content (AvgIpc) is 2.84. The number of anilines is 2. The Morgan fingerprint density at radius 1 is 1.24 bits per heavy atom. The second kappa shape index (κ2) is 5.84. The van der Waals surface area contributed by atoms with Gasteiger partial charge in [0.1, 0.15) is 16.6 Å². The summed E-state index contributed by atoms with van der Waals surface area (Å²) in [5.74, 6) is -0.983. The highest BCUT2D eigenvalue weighted by atomic mass is 32.1. The monoisotopic (exact) mass is 317 g/mol. The summed E-state index contributed by atoms with van der Waals surface area (Å²) in [6.07, 6.45) is -2.87. The van der Waals surface area contributed by atoms with E-state index in [1.54, 1.807) is 6.20 Å². The molecule has 0 aliphatic rings. The highest BCUT2D eigenvalue weighted by molar-refractivity contribution is 7.11. The molecule has 0 bridgehead atoms. The lowest BCUT2D eigenvalue weighted by Crippen LogP contribution is -2.15. The van der Waals surface area contributed by atoms with E-state index in [-0.39, 0.29) is 17.7 Å². The van der Waals surface area contributed by atoms with Crippen molar-refractivity contribution in [3.05, 3.63) is 28.0 Å². The summed E-state index contributed by atoms with van der Waals surface area (Å²) in [4.78, 5) is 12.2. The van der Waals surface area contributed by atoms with Gasteiger partial charge in [0.2, 0.25) is 5.82 Å². The van der Waals surface area contributed by atoms with Crippen LogP contribution in [0, 0.1) is 6.92 Å². The third kappa shape index (κ3) is 3.81. The van der Waals surface area contributed by atoms with Gasteiger partial charge in [-0.3, -0.25) is 0 Å². The van der Waals surface area contributed by atoms with Crippen LogP contribution in [-0.4, -0.2) is 22.0 Å². The Balaban J connectivity index is 2.27. The molecular formula is C12H14F3N5S. The molecule has 0 aliphatic carbocycles. The molecule has 0 fully saturated rings. The van der Waals surface area contributed by atoms with Crippen LogP contribution in [0.3, 0.4) is 0 Å². The zero-order chi connectivity index (χ0) is 15.6. The summed E-state index contributed by atoms with van der Waals surface area (Å²) in [7, 11) is 1.50. The number of halogens is 3. The number of alkyl halides is 3. The normalized spacial score (nSPS) is 13.0. The Morgan fingerprint density at radius 2 is 1.90 bits per heavy atom. The Morgan fingerprint density at radius 3 is 2.43 bits per heavy atom. The fourth-order valence-electron chi connectivity index (χ4n) is 1.63. The molecule has 0 saturated carbocycles. The predicted molar refractivity (Wildman–Crippen MR) is 75.5 cm³/mol. The van der Waals surface area contributed by atoms with Crippen LogP contribution in [0.1, 0.15) is 28.7 Å². The van der Waals surface area contributed by atoms with Gasteiger partial charge in [-0.2, -0.15) is 13.2 Å². The maximum atomic E-state index is 12.8. The van der Waals surface area contributed by atoms with E-state index >= 15 is 0 Å². The van der Waals surface area contributed by atoms with Crippen molar-refractivity contribution < 1.29 is 13.2 Å². The Kier molecular flexibility index (Phi) is 4.31. The molecular weight excluding hydrogens is 303 g/mol. The van der Waals surface area contributed by atoms with Crippen LogP contribution in [-0.2, 0) is 6.18 Å². The van der Waals surface area contributed by atoms with Crippen molar-refractivity contribution >= 4 is 23.0 Å². The van der Waals surface area contributed by atoms with Gasteiger partial charge in [0.15, 0.2) is 0 Å². The zero-order valence-corrected chi connectivity index (χ0v) is 12.4. The second-order valence-corrected chi connectivity index (χ2v) is 5.65. The van der Waals surface area contributed by atoms with Crippen molar-refractivity contribution in [2.45, 2.75) is 26.1 Å². The number of aromatic nitrogens is 3. The SMILES string of the molecule is CNc1cc(NC(C)c2ncc(C)s2)nc(C(F)(F)F)n1. The van der Waals surface area contributed by atoms with Gasteiger partial charge in [-0.05, 0) is 13.8 Å². The molecule has 0 aromatic carbocycles. The van der Waals surface area contributed by atoms with E-state index in [1.165, 1.54) is 24.5 Å². The van der Waals surface area contributed by atoms with E-state index in [4.69, 9.17) is 0 Å². The Bertz CT molecular complexity index is 626. The molecule has 5 nitrogen and oxygen atoms in total. The van der Waals surface area contributed by atoms with Gasteiger partial charge >= 0.3 is 6.18 Å². The molecule has 2 rings (SSSR count). The van der Waals surface area contributed by atoms with Gasteiger partial charge in [-0.1, -0.05) is 0 Å². The minimum atomic E-state index is -4.59. The van der Waals surface area contributed by atoms with E-state index in [0.717, 1.165) is 9.88 Å². The summed E-state index contributed by atoms with van der Waals surface area (Å²) in [6.45, 7) is 3.73. The standard InChI is InChI=1S/C12H14F3N5S/c1-6-5-17-10(21-6)7(2)18-9-4-8(16-3)19-11(20-9)12(13,14)15/h4-5,7H,1-3H3,(H2,16,18,19,20). The smallest absolute Gasteiger partial charge is 0.373 e. The molecule has 0 aliphatic heterocycles. The molecule has 21 heavy (non-hydrogen) atoms. The molecule has 2 N–H and O–H groups in total. The first kappa shape index (κ1) is 15.5. The number of hydrogen-bond donors (Lipinski definition) is 2. The van der Waals surface area contributed by atoms with Gasteiger partial charge in [0.05, 0.1) is 6.04 Å². The Hall–Kier alpha value is -1.90. The van der Waals surface area contributed by atoms with Crippen molar-refractivity contribution in [2.75, 3.05) is 17.7 Å². The highest BCUT2D eigenvalue weighted by Crippen LogP contribution is 2.29. The molecule has 1 atom stereocenters. The largest absolute Gasteiger partial charge is 0.451 e. The summed E-state index contributed by atoms with van der Waals surface area (Å²) < 4.78 is 38.3. The summed E-state index contributed by atoms with van der Waals surface area (Å²) >= 11 is 1.48. The van der Waals surface area contributed by atoms with Crippen LogP contribution in [0.2, 0.25) is 0 Å². The third-order valence-electron chi connectivity index (χ3n) is 2.61. The zero-order valence-electron chi connectivity index (χ0n) is 11.6. The molecule has 2 heterocycles. The van der Waals surface area contributed by atoms with Gasteiger partial charge in [-0.25, -0.2) is 15.0 Å². The van der Waals surface area contributed by atoms with Crippen molar-refractivity contribution in [3.63, 3.8) is 0 Å². The first-order chi connectivity index (χ1) is 9.79. The summed E-state index contributed by atoms with van der Waals surface area (Å²) in [6, 6.07) is 1.18. The maximum absolute atomic E-state index is 12.8. The number of rotatable bonds is 4. The molecule has 114 valence electrons. The highest BCUT2D eigenvalue weighted by Gasteiger charge is 2.35. The molecule has 0 saturated heterocycles. The topological polar surface area (TPSA) is 62.7 Å². The number of nitrogens with zero attached hydrogens (tertiary/aromatic N) is 3. The molecule has 1 unspecified atom stereocenters. The average molecular weight is 317 g/mol. The lowest BCUT2D eigenvalue weighted by molar-refractivity contribution is -0.144. The lowest BCUT2D eigenvalue weighted by atomic mass is 10.3. The third-order valence-corrected chi connectivity index (χ3v) is 3.71. The van der Waals surface area contributed by atoms with Crippen LogP contribution in [0.25, 0.3) is 0 Å². The fourth-order valence-corrected chi connectivity index (χ4v) is 2.41. The molecule has 2 aromatic heterocycles. The first-order valence-corrected chi connectivity index (χ1v) is 6.94. The van der Waals surface area contributed by atoms with Gasteiger partial charge in [0, 0.05) is 24.2 Å². The van der Waals surface area contributed by atoms with E-state index in [1.807, 2.05) is 13.8 Å². The van der Waals surface area contributed by atoms with Crippen LogP contribution in [0.5, 0.6) is 0 Å².